The zero-order valence-electron chi connectivity index (χ0n) is 8.94. The highest BCUT2D eigenvalue weighted by Gasteiger charge is 2.61. The lowest BCUT2D eigenvalue weighted by Gasteiger charge is -2.14. The smallest absolute Gasteiger partial charge is 0.316 e. The van der Waals surface area contributed by atoms with Gasteiger partial charge in [0.15, 0.2) is 0 Å². The number of carbonyl (C=O) groups is 1. The van der Waals surface area contributed by atoms with Gasteiger partial charge in [-0.05, 0) is 24.1 Å². The van der Waals surface area contributed by atoms with Gasteiger partial charge in [-0.3, -0.25) is 4.79 Å². The van der Waals surface area contributed by atoms with Gasteiger partial charge in [-0.25, -0.2) is 0 Å². The van der Waals surface area contributed by atoms with Crippen molar-refractivity contribution in [2.24, 2.45) is 5.92 Å². The topological polar surface area (TPSA) is 46.5 Å². The minimum absolute atomic E-state index is 0.00226. The maximum Gasteiger partial charge on any atom is 0.316 e. The van der Waals surface area contributed by atoms with Gasteiger partial charge in [0.2, 0.25) is 0 Å². The lowest BCUT2D eigenvalue weighted by Crippen LogP contribution is -2.25. The number of halogens is 1. The van der Waals surface area contributed by atoms with Crippen LogP contribution in [0.15, 0.2) is 24.3 Å². The van der Waals surface area contributed by atoms with E-state index in [1.165, 1.54) is 7.11 Å². The molecule has 0 aliphatic heterocycles. The fourth-order valence-electron chi connectivity index (χ4n) is 2.20. The second-order valence-electron chi connectivity index (χ2n) is 4.05. The molecule has 0 unspecified atom stereocenters. The largest absolute Gasteiger partial charge is 0.468 e. The highest BCUT2D eigenvalue weighted by Crippen LogP contribution is 2.54. The summed E-state index contributed by atoms with van der Waals surface area (Å²) >= 11 is 5.80. The third-order valence-corrected chi connectivity index (χ3v) is 3.49. The predicted molar refractivity (Wildman–Crippen MR) is 60.3 cm³/mol. The summed E-state index contributed by atoms with van der Waals surface area (Å²) in [4.78, 5) is 11.8. The van der Waals surface area contributed by atoms with Crippen molar-refractivity contribution in [2.75, 3.05) is 13.7 Å². The highest BCUT2D eigenvalue weighted by molar-refractivity contribution is 6.30. The molecule has 1 aromatic carbocycles. The molecular formula is C12H13ClO3. The predicted octanol–water partition coefficient (Wildman–Crippen LogP) is 1.76. The van der Waals surface area contributed by atoms with Gasteiger partial charge in [-0.15, -0.1) is 0 Å². The highest BCUT2D eigenvalue weighted by atomic mass is 35.5. The molecule has 2 atom stereocenters. The first-order valence-electron chi connectivity index (χ1n) is 5.10. The van der Waals surface area contributed by atoms with Gasteiger partial charge in [0.05, 0.1) is 12.5 Å². The van der Waals surface area contributed by atoms with E-state index >= 15 is 0 Å². The summed E-state index contributed by atoms with van der Waals surface area (Å²) in [5, 5.41) is 9.80. The van der Waals surface area contributed by atoms with E-state index in [1.54, 1.807) is 12.1 Å². The first-order chi connectivity index (χ1) is 7.65. The number of hydrogen-bond acceptors (Lipinski definition) is 3. The van der Waals surface area contributed by atoms with Crippen LogP contribution in [0.1, 0.15) is 12.0 Å². The molecular weight excluding hydrogens is 228 g/mol. The molecule has 0 saturated heterocycles. The molecule has 3 nitrogen and oxygen atoms in total. The molecule has 0 radical (unpaired) electrons. The van der Waals surface area contributed by atoms with Gasteiger partial charge in [0.1, 0.15) is 0 Å². The summed E-state index contributed by atoms with van der Waals surface area (Å²) in [6.45, 7) is -0.00226. The number of ether oxygens (including phenoxy) is 1. The number of aliphatic hydroxyl groups excluding tert-OH is 1. The average Bonchev–Trinajstić information content (AvgIpc) is 3.04. The molecule has 1 N–H and O–H groups in total. The summed E-state index contributed by atoms with van der Waals surface area (Å²) in [5.74, 6) is -0.324. The minimum atomic E-state index is -0.659. The van der Waals surface area contributed by atoms with Crippen LogP contribution in [0.3, 0.4) is 0 Å². The van der Waals surface area contributed by atoms with Crippen molar-refractivity contribution in [2.45, 2.75) is 11.8 Å². The number of rotatable bonds is 3. The fraction of sp³-hybridized carbons (Fsp3) is 0.417. The molecule has 1 aliphatic carbocycles. The molecule has 2 rings (SSSR count). The monoisotopic (exact) mass is 240 g/mol. The van der Waals surface area contributed by atoms with Crippen molar-refractivity contribution in [3.05, 3.63) is 34.9 Å². The van der Waals surface area contributed by atoms with Crippen molar-refractivity contribution in [1.29, 1.82) is 0 Å². The van der Waals surface area contributed by atoms with Gasteiger partial charge in [-0.2, -0.15) is 0 Å². The van der Waals surface area contributed by atoms with Crippen molar-refractivity contribution >= 4 is 17.6 Å². The number of carbonyl (C=O) groups excluding carboxylic acids is 1. The normalized spacial score (nSPS) is 27.6. The zero-order chi connectivity index (χ0) is 11.8. The maximum atomic E-state index is 11.8. The maximum absolute atomic E-state index is 11.8. The van der Waals surface area contributed by atoms with Crippen molar-refractivity contribution < 1.29 is 14.6 Å². The molecule has 4 heteroatoms. The van der Waals surface area contributed by atoms with Crippen LogP contribution in [0.4, 0.5) is 0 Å². The van der Waals surface area contributed by atoms with Crippen LogP contribution in [-0.2, 0) is 14.9 Å². The van der Waals surface area contributed by atoms with E-state index in [2.05, 4.69) is 0 Å². The van der Waals surface area contributed by atoms with Crippen LogP contribution in [0.5, 0.6) is 0 Å². The molecule has 1 saturated carbocycles. The Morgan fingerprint density at radius 2 is 2.19 bits per heavy atom. The second kappa shape index (κ2) is 4.07. The number of methoxy groups -OCH3 is 1. The Morgan fingerprint density at radius 3 is 2.62 bits per heavy atom. The summed E-state index contributed by atoms with van der Waals surface area (Å²) in [6, 6.07) is 7.12. The molecule has 0 spiro atoms. The Balaban J connectivity index is 2.35. The third-order valence-electron chi connectivity index (χ3n) is 3.23. The van der Waals surface area contributed by atoms with Gasteiger partial charge in [-0.1, -0.05) is 23.7 Å². The van der Waals surface area contributed by atoms with Crippen LogP contribution in [-0.4, -0.2) is 24.8 Å². The van der Waals surface area contributed by atoms with E-state index in [9.17, 15) is 4.79 Å². The molecule has 0 heterocycles. The lowest BCUT2D eigenvalue weighted by atomic mass is 9.93. The number of esters is 1. The molecule has 1 aromatic rings. The first kappa shape index (κ1) is 11.4. The van der Waals surface area contributed by atoms with E-state index < -0.39 is 5.41 Å². The Morgan fingerprint density at radius 1 is 1.56 bits per heavy atom. The summed E-state index contributed by atoms with van der Waals surface area (Å²) in [7, 11) is 1.37. The fourth-order valence-corrected chi connectivity index (χ4v) is 2.33. The lowest BCUT2D eigenvalue weighted by molar-refractivity contribution is -0.144. The van der Waals surface area contributed by atoms with Gasteiger partial charge in [0.25, 0.3) is 0 Å². The molecule has 0 amide bonds. The molecule has 0 bridgehead atoms. The molecule has 0 aromatic heterocycles. The summed E-state index contributed by atoms with van der Waals surface area (Å²) < 4.78 is 4.81. The van der Waals surface area contributed by atoms with Crippen LogP contribution < -0.4 is 0 Å². The van der Waals surface area contributed by atoms with Crippen molar-refractivity contribution in [1.82, 2.24) is 0 Å². The summed E-state index contributed by atoms with van der Waals surface area (Å²) in [6.07, 6.45) is 0.637. The van der Waals surface area contributed by atoms with E-state index in [0.29, 0.717) is 11.4 Å². The molecule has 16 heavy (non-hydrogen) atoms. The van der Waals surface area contributed by atoms with Gasteiger partial charge < -0.3 is 9.84 Å². The van der Waals surface area contributed by atoms with E-state index in [4.69, 9.17) is 21.4 Å². The van der Waals surface area contributed by atoms with Crippen molar-refractivity contribution in [3.63, 3.8) is 0 Å². The standard InChI is InChI=1S/C12H13ClO3/c1-16-11(15)12(6-9(12)7-14)8-2-4-10(13)5-3-8/h2-5,9,14H,6-7H2,1H3/t9-,12-/m1/s1. The van der Waals surface area contributed by atoms with Crippen LogP contribution in [0.2, 0.25) is 5.02 Å². The Labute approximate surface area is 99.0 Å². The Bertz CT molecular complexity index is 401. The van der Waals surface area contributed by atoms with Gasteiger partial charge in [0, 0.05) is 17.5 Å². The molecule has 1 aliphatic rings. The first-order valence-corrected chi connectivity index (χ1v) is 5.48. The van der Waals surface area contributed by atoms with E-state index in [-0.39, 0.29) is 18.5 Å². The van der Waals surface area contributed by atoms with Crippen LogP contribution in [0, 0.1) is 5.92 Å². The second-order valence-corrected chi connectivity index (χ2v) is 4.49. The number of benzene rings is 1. The Kier molecular flexibility index (Phi) is 2.91. The van der Waals surface area contributed by atoms with Crippen molar-refractivity contribution in [3.8, 4) is 0 Å². The van der Waals surface area contributed by atoms with E-state index in [0.717, 1.165) is 5.56 Å². The number of aliphatic hydroxyl groups is 1. The summed E-state index contributed by atoms with van der Waals surface area (Å²) in [5.41, 5.74) is 0.205. The van der Waals surface area contributed by atoms with Crippen LogP contribution >= 0.6 is 11.6 Å². The van der Waals surface area contributed by atoms with Gasteiger partial charge >= 0.3 is 5.97 Å². The molecule has 1 fully saturated rings. The number of hydrogen-bond donors (Lipinski definition) is 1. The minimum Gasteiger partial charge on any atom is -0.468 e. The SMILES string of the molecule is COC(=O)[C@@]1(c2ccc(Cl)cc2)C[C@@H]1CO. The average molecular weight is 241 g/mol. The molecule has 86 valence electrons. The van der Waals surface area contributed by atoms with E-state index in [1.807, 2.05) is 12.1 Å². The Hall–Kier alpha value is -1.06. The van der Waals surface area contributed by atoms with Crippen LogP contribution in [0.25, 0.3) is 0 Å². The zero-order valence-corrected chi connectivity index (χ0v) is 9.70. The third kappa shape index (κ3) is 1.60. The quantitative estimate of drug-likeness (QED) is 0.819.